The summed E-state index contributed by atoms with van der Waals surface area (Å²) in [6.45, 7) is 9.41. The van der Waals surface area contributed by atoms with Gasteiger partial charge >= 0.3 is 0 Å². The lowest BCUT2D eigenvalue weighted by atomic mass is 9.74. The summed E-state index contributed by atoms with van der Waals surface area (Å²) in [5, 5.41) is 17.9. The molecule has 0 aliphatic rings. The molecule has 0 aromatic carbocycles. The third kappa shape index (κ3) is 1.66. The summed E-state index contributed by atoms with van der Waals surface area (Å²) in [5.74, 6) is 0.772. The highest BCUT2D eigenvalue weighted by atomic mass is 16.4. The molecule has 0 unspecified atom stereocenters. The molecule has 1 aromatic rings. The second-order valence-electron chi connectivity index (χ2n) is 4.44. The Balaban J connectivity index is 3.07. The first-order valence-electron chi connectivity index (χ1n) is 4.84. The first kappa shape index (κ1) is 11.2. The Labute approximate surface area is 84.3 Å². The van der Waals surface area contributed by atoms with Crippen LogP contribution in [0.2, 0.25) is 0 Å². The summed E-state index contributed by atoms with van der Waals surface area (Å²) in [6.07, 6.45) is 0.835. The zero-order valence-electron chi connectivity index (χ0n) is 9.46. The van der Waals surface area contributed by atoms with E-state index in [9.17, 15) is 5.11 Å². The van der Waals surface area contributed by atoms with Crippen LogP contribution < -0.4 is 0 Å². The quantitative estimate of drug-likeness (QED) is 0.807. The van der Waals surface area contributed by atoms with Crippen molar-refractivity contribution in [2.45, 2.75) is 46.6 Å². The number of nitrogens with zero attached hydrogens (tertiary/aromatic N) is 2. The molecule has 0 bridgehead atoms. The van der Waals surface area contributed by atoms with Crippen molar-refractivity contribution in [1.82, 2.24) is 10.2 Å². The van der Waals surface area contributed by atoms with Gasteiger partial charge in [-0.15, -0.1) is 10.2 Å². The monoisotopic (exact) mass is 198 g/mol. The molecule has 1 rings (SSSR count). The van der Waals surface area contributed by atoms with Gasteiger partial charge in [0.1, 0.15) is 5.60 Å². The Kier molecular flexibility index (Phi) is 2.67. The molecule has 0 spiro atoms. The molecule has 0 saturated heterocycles. The van der Waals surface area contributed by atoms with Crippen molar-refractivity contribution >= 4 is 0 Å². The number of aromatic nitrogens is 2. The second-order valence-corrected chi connectivity index (χ2v) is 4.44. The average molecular weight is 198 g/mol. The van der Waals surface area contributed by atoms with E-state index >= 15 is 0 Å². The van der Waals surface area contributed by atoms with Gasteiger partial charge in [0.2, 0.25) is 11.8 Å². The molecular weight excluding hydrogens is 180 g/mol. The van der Waals surface area contributed by atoms with Crippen molar-refractivity contribution in [1.29, 1.82) is 0 Å². The first-order valence-corrected chi connectivity index (χ1v) is 4.84. The van der Waals surface area contributed by atoms with E-state index < -0.39 is 5.60 Å². The molecule has 4 heteroatoms. The fourth-order valence-electron chi connectivity index (χ4n) is 1.13. The molecule has 0 aliphatic heterocycles. The summed E-state index contributed by atoms with van der Waals surface area (Å²) in [4.78, 5) is 0. The van der Waals surface area contributed by atoms with E-state index in [2.05, 4.69) is 10.2 Å². The van der Waals surface area contributed by atoms with Gasteiger partial charge in [-0.1, -0.05) is 20.8 Å². The van der Waals surface area contributed by atoms with Crippen LogP contribution in [0.1, 0.15) is 45.9 Å². The van der Waals surface area contributed by atoms with E-state index in [1.54, 1.807) is 13.8 Å². The van der Waals surface area contributed by atoms with Crippen molar-refractivity contribution in [2.24, 2.45) is 5.41 Å². The average Bonchev–Trinajstić information content (AvgIpc) is 2.52. The Morgan fingerprint density at radius 3 is 2.21 bits per heavy atom. The SMILES string of the molecule is CCC(C)(C)[C@@](C)(O)c1nnc(C)o1. The second kappa shape index (κ2) is 3.35. The summed E-state index contributed by atoms with van der Waals surface area (Å²) < 4.78 is 5.26. The van der Waals surface area contributed by atoms with Crippen LogP contribution in [0.25, 0.3) is 0 Å². The first-order chi connectivity index (χ1) is 6.31. The smallest absolute Gasteiger partial charge is 0.248 e. The molecule has 4 nitrogen and oxygen atoms in total. The Morgan fingerprint density at radius 2 is 1.86 bits per heavy atom. The number of rotatable bonds is 3. The molecule has 0 amide bonds. The van der Waals surface area contributed by atoms with Crippen LogP contribution in [0.5, 0.6) is 0 Å². The van der Waals surface area contributed by atoms with Gasteiger partial charge < -0.3 is 9.52 Å². The molecule has 0 aliphatic carbocycles. The van der Waals surface area contributed by atoms with Crippen LogP contribution in [0.15, 0.2) is 4.42 Å². The van der Waals surface area contributed by atoms with Gasteiger partial charge in [0.15, 0.2) is 0 Å². The minimum Gasteiger partial charge on any atom is -0.422 e. The Bertz CT molecular complexity index is 316. The van der Waals surface area contributed by atoms with Crippen LogP contribution in [-0.2, 0) is 5.60 Å². The topological polar surface area (TPSA) is 59.2 Å². The minimum atomic E-state index is -1.08. The van der Waals surface area contributed by atoms with Crippen LogP contribution in [0.3, 0.4) is 0 Å². The largest absolute Gasteiger partial charge is 0.422 e. The van der Waals surface area contributed by atoms with E-state index in [-0.39, 0.29) is 5.41 Å². The molecule has 1 N–H and O–H groups in total. The molecule has 0 radical (unpaired) electrons. The maximum absolute atomic E-state index is 10.3. The van der Waals surface area contributed by atoms with Gasteiger partial charge in [0, 0.05) is 12.3 Å². The van der Waals surface area contributed by atoms with Gasteiger partial charge in [0.25, 0.3) is 0 Å². The van der Waals surface area contributed by atoms with E-state index in [1.165, 1.54) is 0 Å². The maximum Gasteiger partial charge on any atom is 0.248 e. The zero-order chi connectivity index (χ0) is 11.0. The third-order valence-electron chi connectivity index (χ3n) is 3.14. The van der Waals surface area contributed by atoms with Crippen molar-refractivity contribution < 1.29 is 9.52 Å². The van der Waals surface area contributed by atoms with Gasteiger partial charge in [0.05, 0.1) is 0 Å². The van der Waals surface area contributed by atoms with E-state index in [1.807, 2.05) is 20.8 Å². The maximum atomic E-state index is 10.3. The highest BCUT2D eigenvalue weighted by molar-refractivity contribution is 5.01. The molecule has 0 fully saturated rings. The van der Waals surface area contributed by atoms with Crippen LogP contribution in [-0.4, -0.2) is 15.3 Å². The van der Waals surface area contributed by atoms with E-state index in [4.69, 9.17) is 4.42 Å². The molecule has 1 heterocycles. The van der Waals surface area contributed by atoms with Crippen LogP contribution in [0.4, 0.5) is 0 Å². The fraction of sp³-hybridized carbons (Fsp3) is 0.800. The molecule has 1 aromatic heterocycles. The summed E-state index contributed by atoms with van der Waals surface area (Å²) in [6, 6.07) is 0. The van der Waals surface area contributed by atoms with Crippen LogP contribution >= 0.6 is 0 Å². The molecule has 1 atom stereocenters. The van der Waals surface area contributed by atoms with Crippen molar-refractivity contribution in [3.05, 3.63) is 11.8 Å². The van der Waals surface area contributed by atoms with Gasteiger partial charge in [-0.2, -0.15) is 0 Å². The number of aryl methyl sites for hydroxylation is 1. The lowest BCUT2D eigenvalue weighted by Crippen LogP contribution is -2.39. The highest BCUT2D eigenvalue weighted by Gasteiger charge is 2.43. The van der Waals surface area contributed by atoms with E-state index in [0.29, 0.717) is 11.8 Å². The predicted molar refractivity (Wildman–Crippen MR) is 52.7 cm³/mol. The Hall–Kier alpha value is -0.900. The van der Waals surface area contributed by atoms with Gasteiger partial charge in [-0.3, -0.25) is 0 Å². The number of hydrogen-bond donors (Lipinski definition) is 1. The molecule has 80 valence electrons. The predicted octanol–water partition coefficient (Wildman–Crippen LogP) is 2.02. The summed E-state index contributed by atoms with van der Waals surface area (Å²) in [7, 11) is 0. The van der Waals surface area contributed by atoms with Crippen molar-refractivity contribution in [3.8, 4) is 0 Å². The minimum absolute atomic E-state index is 0.286. The van der Waals surface area contributed by atoms with Gasteiger partial charge in [-0.05, 0) is 13.3 Å². The normalized spacial score (nSPS) is 16.7. The fourth-order valence-corrected chi connectivity index (χ4v) is 1.13. The van der Waals surface area contributed by atoms with Crippen molar-refractivity contribution in [2.75, 3.05) is 0 Å². The van der Waals surface area contributed by atoms with Crippen LogP contribution in [0, 0.1) is 12.3 Å². The summed E-state index contributed by atoms with van der Waals surface area (Å²) in [5.41, 5.74) is -1.37. The lowest BCUT2D eigenvalue weighted by molar-refractivity contribution is -0.0798. The molecular formula is C10H18N2O2. The zero-order valence-corrected chi connectivity index (χ0v) is 9.46. The van der Waals surface area contributed by atoms with E-state index in [0.717, 1.165) is 6.42 Å². The Morgan fingerprint density at radius 1 is 1.29 bits per heavy atom. The molecule has 0 saturated carbocycles. The highest BCUT2D eigenvalue weighted by Crippen LogP contribution is 2.40. The standard InChI is InChI=1S/C10H18N2O2/c1-6-9(3,4)10(5,13)8-12-11-7(2)14-8/h13H,6H2,1-5H3/t10-/m0/s1. The lowest BCUT2D eigenvalue weighted by Gasteiger charge is -2.36. The number of aliphatic hydroxyl groups is 1. The van der Waals surface area contributed by atoms with Gasteiger partial charge in [-0.25, -0.2) is 0 Å². The number of hydrogen-bond acceptors (Lipinski definition) is 4. The third-order valence-corrected chi connectivity index (χ3v) is 3.14. The van der Waals surface area contributed by atoms with Crippen molar-refractivity contribution in [3.63, 3.8) is 0 Å². The molecule has 14 heavy (non-hydrogen) atoms. The summed E-state index contributed by atoms with van der Waals surface area (Å²) >= 11 is 0.